The van der Waals surface area contributed by atoms with Gasteiger partial charge in [-0.3, -0.25) is 4.79 Å². The lowest BCUT2D eigenvalue weighted by molar-refractivity contribution is -0.162. The van der Waals surface area contributed by atoms with E-state index >= 15 is 0 Å². The third kappa shape index (κ3) is 7.02. The number of hydrogen-bond acceptors (Lipinski definition) is 4. The predicted molar refractivity (Wildman–Crippen MR) is 112 cm³/mol. The molecule has 2 aromatic carbocycles. The molecule has 28 heavy (non-hydrogen) atoms. The highest BCUT2D eigenvalue weighted by molar-refractivity contribution is 7.99. The Morgan fingerprint density at radius 2 is 1.50 bits per heavy atom. The van der Waals surface area contributed by atoms with Gasteiger partial charge >= 0.3 is 11.9 Å². The van der Waals surface area contributed by atoms with Crippen molar-refractivity contribution in [1.82, 2.24) is 0 Å². The van der Waals surface area contributed by atoms with Gasteiger partial charge in [0.15, 0.2) is 5.60 Å². The normalized spacial score (nSPS) is 13.0. The minimum atomic E-state index is -2.20. The van der Waals surface area contributed by atoms with Crippen LogP contribution >= 0.6 is 11.8 Å². The lowest BCUT2D eigenvalue weighted by Crippen LogP contribution is -2.43. The molecule has 0 bridgehead atoms. The first-order valence-corrected chi connectivity index (χ1v) is 10.5. The molecule has 6 heteroatoms. The van der Waals surface area contributed by atoms with E-state index in [0.717, 1.165) is 25.7 Å². The second-order valence-corrected chi connectivity index (χ2v) is 7.94. The molecule has 5 nitrogen and oxygen atoms in total. The number of aliphatic carboxylic acids is 2. The molecule has 0 spiro atoms. The van der Waals surface area contributed by atoms with Gasteiger partial charge in [-0.1, -0.05) is 61.0 Å². The highest BCUT2D eigenvalue weighted by Crippen LogP contribution is 2.21. The summed E-state index contributed by atoms with van der Waals surface area (Å²) < 4.78 is 0. The SMILES string of the molecule is O=C(O)C[C@](O)(CSCCCCCc1ccc(-c2ccccc2)cc1)C(=O)O. The Bertz CT molecular complexity index is 760. The van der Waals surface area contributed by atoms with Gasteiger partial charge in [-0.05, 0) is 41.7 Å². The van der Waals surface area contributed by atoms with E-state index in [1.165, 1.54) is 28.5 Å². The first kappa shape index (κ1) is 22.0. The number of unbranched alkanes of at least 4 members (excludes halogenated alkanes) is 2. The number of carboxylic acids is 2. The first-order chi connectivity index (χ1) is 13.4. The van der Waals surface area contributed by atoms with Crippen molar-refractivity contribution in [2.45, 2.75) is 37.7 Å². The number of aliphatic hydroxyl groups is 1. The molecule has 2 aromatic rings. The highest BCUT2D eigenvalue weighted by Gasteiger charge is 2.38. The van der Waals surface area contributed by atoms with Crippen molar-refractivity contribution in [3.8, 4) is 11.1 Å². The van der Waals surface area contributed by atoms with Crippen LogP contribution in [0.25, 0.3) is 11.1 Å². The molecule has 0 unspecified atom stereocenters. The van der Waals surface area contributed by atoms with Crippen molar-refractivity contribution in [3.63, 3.8) is 0 Å². The molecule has 0 fully saturated rings. The van der Waals surface area contributed by atoms with E-state index in [4.69, 9.17) is 10.2 Å². The quantitative estimate of drug-likeness (QED) is 0.463. The van der Waals surface area contributed by atoms with Gasteiger partial charge in [0.2, 0.25) is 0 Å². The molecule has 1 atom stereocenters. The van der Waals surface area contributed by atoms with Crippen molar-refractivity contribution >= 4 is 23.7 Å². The Labute approximate surface area is 169 Å². The van der Waals surface area contributed by atoms with E-state index in [9.17, 15) is 14.7 Å². The maximum Gasteiger partial charge on any atom is 0.337 e. The molecule has 0 aliphatic heterocycles. The highest BCUT2D eigenvalue weighted by atomic mass is 32.2. The number of aryl methyl sites for hydroxylation is 1. The summed E-state index contributed by atoms with van der Waals surface area (Å²) in [7, 11) is 0. The zero-order valence-electron chi connectivity index (χ0n) is 15.7. The van der Waals surface area contributed by atoms with Crippen molar-refractivity contribution in [2.24, 2.45) is 0 Å². The Hall–Kier alpha value is -2.31. The predicted octanol–water partition coefficient (Wildman–Crippen LogP) is 4.09. The summed E-state index contributed by atoms with van der Waals surface area (Å²) in [4.78, 5) is 21.8. The van der Waals surface area contributed by atoms with Gasteiger partial charge in [0.05, 0.1) is 6.42 Å². The van der Waals surface area contributed by atoms with Crippen LogP contribution in [-0.2, 0) is 16.0 Å². The van der Waals surface area contributed by atoms with Crippen molar-refractivity contribution < 1.29 is 24.9 Å². The number of rotatable bonds is 12. The molecular formula is C22H26O5S. The monoisotopic (exact) mass is 402 g/mol. The molecule has 0 saturated carbocycles. The average Bonchev–Trinajstić information content (AvgIpc) is 2.68. The standard InChI is InChI=1S/C22H26O5S/c23-20(24)15-22(27,21(25)26)16-28-14-6-2-3-7-17-10-12-19(13-11-17)18-8-4-1-5-9-18/h1,4-5,8-13,27H,2-3,6-7,14-16H2,(H,23,24)(H,25,26)/t22-/m0/s1. The van der Waals surface area contributed by atoms with Crippen LogP contribution in [0.4, 0.5) is 0 Å². The molecule has 0 heterocycles. The molecule has 0 aliphatic rings. The van der Waals surface area contributed by atoms with Crippen molar-refractivity contribution in [2.75, 3.05) is 11.5 Å². The molecule has 0 aromatic heterocycles. The van der Waals surface area contributed by atoms with Crippen molar-refractivity contribution in [3.05, 3.63) is 60.2 Å². The van der Waals surface area contributed by atoms with E-state index in [1.807, 2.05) is 18.2 Å². The zero-order valence-corrected chi connectivity index (χ0v) is 16.5. The molecule has 3 N–H and O–H groups in total. The third-order valence-electron chi connectivity index (χ3n) is 4.50. The molecule has 2 rings (SSSR count). The maximum absolute atomic E-state index is 11.1. The third-order valence-corrected chi connectivity index (χ3v) is 5.76. The van der Waals surface area contributed by atoms with E-state index in [1.54, 1.807) is 0 Å². The summed E-state index contributed by atoms with van der Waals surface area (Å²) in [5.41, 5.74) is 1.49. The number of thioether (sulfide) groups is 1. The summed E-state index contributed by atoms with van der Waals surface area (Å²) in [5, 5.41) is 27.7. The van der Waals surface area contributed by atoms with E-state index in [-0.39, 0.29) is 5.75 Å². The van der Waals surface area contributed by atoms with Gasteiger partial charge in [-0.15, -0.1) is 0 Å². The van der Waals surface area contributed by atoms with Gasteiger partial charge < -0.3 is 15.3 Å². The topological polar surface area (TPSA) is 94.8 Å². The van der Waals surface area contributed by atoms with Crippen LogP contribution in [0.3, 0.4) is 0 Å². The number of benzene rings is 2. The van der Waals surface area contributed by atoms with Gasteiger partial charge in [0, 0.05) is 5.75 Å². The molecule has 0 aliphatic carbocycles. The molecule has 0 saturated heterocycles. The van der Waals surface area contributed by atoms with Crippen LogP contribution in [0.5, 0.6) is 0 Å². The maximum atomic E-state index is 11.1. The zero-order chi connectivity index (χ0) is 20.4. The molecule has 150 valence electrons. The fraction of sp³-hybridized carbons (Fsp3) is 0.364. The fourth-order valence-electron chi connectivity index (χ4n) is 2.88. The Morgan fingerprint density at radius 3 is 2.11 bits per heavy atom. The van der Waals surface area contributed by atoms with Crippen LogP contribution in [0.2, 0.25) is 0 Å². The second kappa shape index (κ2) is 10.9. The number of carboxylic acid groups (broad SMARTS) is 2. The summed E-state index contributed by atoms with van der Waals surface area (Å²) >= 11 is 1.28. The minimum Gasteiger partial charge on any atom is -0.481 e. The van der Waals surface area contributed by atoms with E-state index in [0.29, 0.717) is 5.75 Å². The Balaban J connectivity index is 1.65. The van der Waals surface area contributed by atoms with Gasteiger partial charge in [0.25, 0.3) is 0 Å². The number of carbonyl (C=O) groups is 2. The second-order valence-electron chi connectivity index (χ2n) is 6.83. The average molecular weight is 403 g/mol. The largest absolute Gasteiger partial charge is 0.481 e. The first-order valence-electron chi connectivity index (χ1n) is 9.30. The summed E-state index contributed by atoms with van der Waals surface area (Å²) in [6.07, 6.45) is 3.13. The van der Waals surface area contributed by atoms with E-state index in [2.05, 4.69) is 36.4 Å². The Kier molecular flexibility index (Phi) is 8.54. The minimum absolute atomic E-state index is 0.115. The van der Waals surface area contributed by atoms with Crippen LogP contribution in [0.15, 0.2) is 54.6 Å². The molecular weight excluding hydrogens is 376 g/mol. The van der Waals surface area contributed by atoms with E-state index < -0.39 is 24.0 Å². The lowest BCUT2D eigenvalue weighted by atomic mass is 10.0. The van der Waals surface area contributed by atoms with Crippen LogP contribution in [-0.4, -0.2) is 44.4 Å². The number of hydrogen-bond donors (Lipinski definition) is 3. The van der Waals surface area contributed by atoms with Gasteiger partial charge in [-0.2, -0.15) is 11.8 Å². The summed E-state index contributed by atoms with van der Waals surface area (Å²) in [6.45, 7) is 0. The lowest BCUT2D eigenvalue weighted by Gasteiger charge is -2.20. The Morgan fingerprint density at radius 1 is 0.857 bits per heavy atom. The summed E-state index contributed by atoms with van der Waals surface area (Å²) in [5.74, 6) is -2.22. The smallest absolute Gasteiger partial charge is 0.337 e. The molecule has 0 amide bonds. The van der Waals surface area contributed by atoms with Gasteiger partial charge in [-0.25, -0.2) is 4.79 Å². The molecule has 0 radical (unpaired) electrons. The van der Waals surface area contributed by atoms with Crippen molar-refractivity contribution in [1.29, 1.82) is 0 Å². The summed E-state index contributed by atoms with van der Waals surface area (Å²) in [6, 6.07) is 18.8. The van der Waals surface area contributed by atoms with Crippen LogP contribution in [0, 0.1) is 0 Å². The van der Waals surface area contributed by atoms with Crippen LogP contribution < -0.4 is 0 Å². The fourth-order valence-corrected chi connectivity index (χ4v) is 4.00. The van der Waals surface area contributed by atoms with Crippen LogP contribution in [0.1, 0.15) is 31.2 Å². The van der Waals surface area contributed by atoms with Gasteiger partial charge in [0.1, 0.15) is 0 Å².